The molecule has 1 spiro atoms. The van der Waals surface area contributed by atoms with Crippen molar-refractivity contribution in [2.75, 3.05) is 11.9 Å². The monoisotopic (exact) mass is 301 g/mol. The Morgan fingerprint density at radius 1 is 1.14 bits per heavy atom. The van der Waals surface area contributed by atoms with Gasteiger partial charge in [0, 0.05) is 23.0 Å². The Hall–Kier alpha value is -1.06. The molecule has 1 atom stereocenters. The second-order valence-corrected chi connectivity index (χ2v) is 7.55. The van der Waals surface area contributed by atoms with E-state index in [-0.39, 0.29) is 5.60 Å². The molecule has 2 nitrogen and oxygen atoms in total. The molecule has 1 aromatic carbocycles. The summed E-state index contributed by atoms with van der Waals surface area (Å²) in [4.78, 5) is 0. The SMILES string of the molecule is c1cc2cc(NC3CCOC4(CCCCC4)C3)ccc2s1. The highest BCUT2D eigenvalue weighted by Gasteiger charge is 2.38. The van der Waals surface area contributed by atoms with Crippen LogP contribution in [0.1, 0.15) is 44.9 Å². The van der Waals surface area contributed by atoms with Crippen molar-refractivity contribution in [3.05, 3.63) is 29.6 Å². The van der Waals surface area contributed by atoms with Crippen molar-refractivity contribution in [1.82, 2.24) is 0 Å². The molecule has 1 N–H and O–H groups in total. The van der Waals surface area contributed by atoms with Crippen LogP contribution in [0.2, 0.25) is 0 Å². The number of anilines is 1. The molecule has 1 saturated carbocycles. The zero-order chi connectivity index (χ0) is 14.1. The molecule has 0 bridgehead atoms. The fourth-order valence-corrected chi connectivity index (χ4v) is 4.76. The van der Waals surface area contributed by atoms with Gasteiger partial charge in [0.2, 0.25) is 0 Å². The zero-order valence-corrected chi connectivity index (χ0v) is 13.3. The predicted octanol–water partition coefficient (Wildman–Crippen LogP) is 5.20. The number of benzene rings is 1. The number of fused-ring (bicyclic) bond motifs is 1. The van der Waals surface area contributed by atoms with E-state index in [2.05, 4.69) is 35.0 Å². The van der Waals surface area contributed by atoms with Gasteiger partial charge in [0.05, 0.1) is 5.60 Å². The maximum atomic E-state index is 6.19. The van der Waals surface area contributed by atoms with Gasteiger partial charge in [0.1, 0.15) is 0 Å². The Kier molecular flexibility index (Phi) is 3.64. The van der Waals surface area contributed by atoms with Crippen molar-refractivity contribution in [1.29, 1.82) is 0 Å². The fourth-order valence-electron chi connectivity index (χ4n) is 3.99. The van der Waals surface area contributed by atoms with Crippen LogP contribution in [0.25, 0.3) is 10.1 Å². The van der Waals surface area contributed by atoms with E-state index in [1.54, 1.807) is 0 Å². The fraction of sp³-hybridized carbons (Fsp3) is 0.556. The number of thiophene rings is 1. The van der Waals surface area contributed by atoms with Gasteiger partial charge in [-0.3, -0.25) is 0 Å². The highest BCUT2D eigenvalue weighted by molar-refractivity contribution is 7.17. The van der Waals surface area contributed by atoms with Crippen LogP contribution in [-0.2, 0) is 4.74 Å². The number of nitrogens with one attached hydrogen (secondary N) is 1. The van der Waals surface area contributed by atoms with E-state index in [1.807, 2.05) is 11.3 Å². The van der Waals surface area contributed by atoms with Crippen LogP contribution in [0, 0.1) is 0 Å². The summed E-state index contributed by atoms with van der Waals surface area (Å²) in [6, 6.07) is 9.51. The summed E-state index contributed by atoms with van der Waals surface area (Å²) in [5.41, 5.74) is 1.44. The average molecular weight is 301 g/mol. The minimum atomic E-state index is 0.181. The van der Waals surface area contributed by atoms with E-state index in [1.165, 1.54) is 54.3 Å². The van der Waals surface area contributed by atoms with E-state index in [9.17, 15) is 0 Å². The van der Waals surface area contributed by atoms with Gasteiger partial charge in [0.25, 0.3) is 0 Å². The lowest BCUT2D eigenvalue weighted by molar-refractivity contribution is -0.103. The van der Waals surface area contributed by atoms with Crippen molar-refractivity contribution in [3.63, 3.8) is 0 Å². The molecule has 1 aliphatic heterocycles. The first-order chi connectivity index (χ1) is 10.3. The lowest BCUT2D eigenvalue weighted by Gasteiger charge is -2.44. The summed E-state index contributed by atoms with van der Waals surface area (Å²) in [6.45, 7) is 0.915. The average Bonchev–Trinajstić information content (AvgIpc) is 2.96. The van der Waals surface area contributed by atoms with Crippen LogP contribution in [0.4, 0.5) is 5.69 Å². The lowest BCUT2D eigenvalue weighted by Crippen LogP contribution is -2.45. The molecule has 3 heteroatoms. The largest absolute Gasteiger partial charge is 0.382 e. The normalized spacial score (nSPS) is 25.2. The van der Waals surface area contributed by atoms with E-state index in [4.69, 9.17) is 4.74 Å². The summed E-state index contributed by atoms with van der Waals surface area (Å²) in [5.74, 6) is 0. The Morgan fingerprint density at radius 2 is 2.05 bits per heavy atom. The van der Waals surface area contributed by atoms with Crippen LogP contribution in [-0.4, -0.2) is 18.2 Å². The van der Waals surface area contributed by atoms with Crippen LogP contribution >= 0.6 is 11.3 Å². The van der Waals surface area contributed by atoms with E-state index in [0.717, 1.165) is 13.0 Å². The Bertz CT molecular complexity index is 609. The third-order valence-corrected chi connectivity index (χ3v) is 5.98. The van der Waals surface area contributed by atoms with Crippen LogP contribution in [0.5, 0.6) is 0 Å². The highest BCUT2D eigenvalue weighted by Crippen LogP contribution is 2.39. The molecule has 1 aliphatic carbocycles. The third-order valence-electron chi connectivity index (χ3n) is 5.08. The minimum Gasteiger partial charge on any atom is -0.382 e. The number of rotatable bonds is 2. The molecule has 1 saturated heterocycles. The summed E-state index contributed by atoms with van der Waals surface area (Å²) in [5, 5.41) is 7.28. The van der Waals surface area contributed by atoms with Crippen LogP contribution in [0.15, 0.2) is 29.6 Å². The second-order valence-electron chi connectivity index (χ2n) is 6.60. The quantitative estimate of drug-likeness (QED) is 0.823. The van der Waals surface area contributed by atoms with Gasteiger partial charge in [-0.25, -0.2) is 0 Å². The molecule has 1 unspecified atom stereocenters. The molecule has 0 radical (unpaired) electrons. The Morgan fingerprint density at radius 3 is 2.95 bits per heavy atom. The maximum absolute atomic E-state index is 6.19. The number of hydrogen-bond acceptors (Lipinski definition) is 3. The zero-order valence-electron chi connectivity index (χ0n) is 12.4. The second kappa shape index (κ2) is 5.62. The standard InChI is InChI=1S/C18H23NOS/c1-2-8-18(9-3-1)13-16(6-10-20-18)19-15-4-5-17-14(12-15)7-11-21-17/h4-5,7,11-12,16,19H,1-3,6,8-10,13H2. The molecule has 2 fully saturated rings. The van der Waals surface area contributed by atoms with Gasteiger partial charge in [-0.05, 0) is 60.7 Å². The minimum absolute atomic E-state index is 0.181. The van der Waals surface area contributed by atoms with Crippen LogP contribution in [0.3, 0.4) is 0 Å². The molecule has 0 amide bonds. The number of hydrogen-bond donors (Lipinski definition) is 1. The molecule has 2 aromatic rings. The molecule has 21 heavy (non-hydrogen) atoms. The van der Waals surface area contributed by atoms with E-state index < -0.39 is 0 Å². The van der Waals surface area contributed by atoms with Crippen molar-refractivity contribution in [3.8, 4) is 0 Å². The summed E-state index contributed by atoms with van der Waals surface area (Å²) in [7, 11) is 0. The molecular weight excluding hydrogens is 278 g/mol. The molecule has 112 valence electrons. The summed E-state index contributed by atoms with van der Waals surface area (Å²) < 4.78 is 7.57. The lowest BCUT2D eigenvalue weighted by atomic mass is 9.78. The Labute approximate surface area is 130 Å². The first kappa shape index (κ1) is 13.6. The smallest absolute Gasteiger partial charge is 0.0702 e. The maximum Gasteiger partial charge on any atom is 0.0702 e. The molecule has 4 rings (SSSR count). The first-order valence-corrected chi connectivity index (χ1v) is 9.09. The third kappa shape index (κ3) is 2.82. The summed E-state index contributed by atoms with van der Waals surface area (Å²) >= 11 is 1.81. The van der Waals surface area contributed by atoms with E-state index >= 15 is 0 Å². The van der Waals surface area contributed by atoms with Crippen LogP contribution < -0.4 is 5.32 Å². The molecular formula is C18H23NOS. The van der Waals surface area contributed by atoms with Gasteiger partial charge >= 0.3 is 0 Å². The molecule has 2 heterocycles. The van der Waals surface area contributed by atoms with Gasteiger partial charge < -0.3 is 10.1 Å². The van der Waals surface area contributed by atoms with Gasteiger partial charge in [0.15, 0.2) is 0 Å². The van der Waals surface area contributed by atoms with Crippen molar-refractivity contribution in [2.45, 2.75) is 56.6 Å². The van der Waals surface area contributed by atoms with Gasteiger partial charge in [-0.15, -0.1) is 11.3 Å². The molecule has 2 aliphatic rings. The first-order valence-electron chi connectivity index (χ1n) is 8.21. The predicted molar refractivity (Wildman–Crippen MR) is 90.2 cm³/mol. The van der Waals surface area contributed by atoms with Crippen molar-refractivity contribution in [2.24, 2.45) is 0 Å². The van der Waals surface area contributed by atoms with Gasteiger partial charge in [-0.2, -0.15) is 0 Å². The molecule has 1 aromatic heterocycles. The van der Waals surface area contributed by atoms with E-state index in [0.29, 0.717) is 6.04 Å². The topological polar surface area (TPSA) is 21.3 Å². The summed E-state index contributed by atoms with van der Waals surface area (Å²) in [6.07, 6.45) is 8.89. The number of ether oxygens (including phenoxy) is 1. The van der Waals surface area contributed by atoms with Gasteiger partial charge in [-0.1, -0.05) is 19.3 Å². The van der Waals surface area contributed by atoms with Crippen molar-refractivity contribution >= 4 is 27.1 Å². The Balaban J connectivity index is 1.48. The highest BCUT2D eigenvalue weighted by atomic mass is 32.1. The van der Waals surface area contributed by atoms with Crippen molar-refractivity contribution < 1.29 is 4.74 Å².